The van der Waals surface area contributed by atoms with Crippen molar-refractivity contribution >= 4 is 17.7 Å². The predicted molar refractivity (Wildman–Crippen MR) is 229 cm³/mol. The maximum atomic E-state index is 13.2. The summed E-state index contributed by atoms with van der Waals surface area (Å²) in [5.41, 5.74) is -0.212. The number of aliphatic hydroxyl groups is 1. The average molecular weight is 895 g/mol. The molecule has 6 aliphatic rings. The van der Waals surface area contributed by atoms with E-state index >= 15 is 0 Å². The highest BCUT2D eigenvalue weighted by atomic mass is 16.7. The van der Waals surface area contributed by atoms with Gasteiger partial charge in [-0.05, 0) is 96.6 Å². The Morgan fingerprint density at radius 2 is 1.14 bits per heavy atom. The van der Waals surface area contributed by atoms with Crippen molar-refractivity contribution < 1.29 is 76.3 Å². The lowest BCUT2D eigenvalue weighted by atomic mass is 9.83. The predicted octanol–water partition coefficient (Wildman–Crippen LogP) is 5.79. The van der Waals surface area contributed by atoms with Crippen LogP contribution in [-0.2, 0) is 55.5 Å². The number of hydrogen-bond acceptors (Lipinski definition) is 16. The highest BCUT2D eigenvalue weighted by Gasteiger charge is 2.76. The molecule has 2 aromatic carbocycles. The number of aryl methyl sites for hydroxylation is 2. The molecule has 8 rings (SSSR count). The Morgan fingerprint density at radius 3 is 1.62 bits per heavy atom. The van der Waals surface area contributed by atoms with Gasteiger partial charge in [0, 0.05) is 39.2 Å². The Kier molecular flexibility index (Phi) is 13.9. The van der Waals surface area contributed by atoms with E-state index in [0.29, 0.717) is 72.6 Å². The van der Waals surface area contributed by atoms with Crippen molar-refractivity contribution in [1.82, 2.24) is 0 Å². The monoisotopic (exact) mass is 894 g/mol. The molecule has 0 spiro atoms. The highest BCUT2D eigenvalue weighted by molar-refractivity contribution is 5.96. The van der Waals surface area contributed by atoms with Crippen LogP contribution in [0.5, 0.6) is 23.0 Å². The standard InChI is InChI=1S/C24H32O8.C24H30O8/c2*1-14-7-6-8-17(25)20-21-24(32-21,23(2,3)31-20)10-9-15-11-16(28-5)12-18(29-13-27-4)19(15)22(26)30-14/h6,8,11-12,14,17,20-21,25H,7,9-10,13H2,1-5H3;6,8,11-12,14,20-21H,7,9-10,13H2,1-5H3/b2*8-6-/t14-,17?,20+,21+,24?;14-,20+,21+,24?/m00/s1. The van der Waals surface area contributed by atoms with Crippen LogP contribution < -0.4 is 18.9 Å². The molecule has 6 heterocycles. The first-order valence-corrected chi connectivity index (χ1v) is 21.8. The molecule has 0 aromatic heterocycles. The van der Waals surface area contributed by atoms with Gasteiger partial charge < -0.3 is 61.9 Å². The van der Waals surface area contributed by atoms with Crippen LogP contribution in [-0.4, -0.2) is 130 Å². The van der Waals surface area contributed by atoms with E-state index < -0.39 is 64.9 Å². The molecule has 4 bridgehead atoms. The molecule has 3 unspecified atom stereocenters. The molecule has 4 saturated heterocycles. The van der Waals surface area contributed by atoms with E-state index in [2.05, 4.69) is 0 Å². The van der Waals surface area contributed by atoms with Crippen molar-refractivity contribution in [2.75, 3.05) is 42.0 Å². The van der Waals surface area contributed by atoms with Crippen LogP contribution >= 0.6 is 0 Å². The SMILES string of the molecule is COCOc1cc(OC)cc2c1C(=O)O[C@@H](C)C/C=C\C(=O)[C@H]1OC(C)(C)C3(CC2)O[C@H]13.COCOc1cc(OC)cc2c1C(=O)O[C@@H](C)C/C=C\C(O)[C@H]1OC(C)(C)C3(CC2)O[C@H]13. The first-order chi connectivity index (χ1) is 30.4. The van der Waals surface area contributed by atoms with Crippen molar-refractivity contribution in [2.24, 2.45) is 0 Å². The van der Waals surface area contributed by atoms with Crippen LogP contribution in [0, 0.1) is 0 Å². The average Bonchev–Trinajstić information content (AvgIpc) is 4.15. The Bertz CT molecular complexity index is 2130. The molecule has 0 saturated carbocycles. The maximum Gasteiger partial charge on any atom is 0.342 e. The van der Waals surface area contributed by atoms with Crippen molar-refractivity contribution in [3.63, 3.8) is 0 Å². The molecule has 16 heteroatoms. The van der Waals surface area contributed by atoms with E-state index in [0.717, 1.165) is 11.1 Å². The smallest absolute Gasteiger partial charge is 0.342 e. The normalized spacial score (nSPS) is 33.4. The number of epoxide rings is 2. The van der Waals surface area contributed by atoms with Crippen LogP contribution in [0.25, 0.3) is 0 Å². The zero-order valence-electron chi connectivity index (χ0n) is 38.4. The van der Waals surface area contributed by atoms with E-state index in [1.165, 1.54) is 20.3 Å². The van der Waals surface area contributed by atoms with Gasteiger partial charge in [0.05, 0.1) is 25.4 Å². The minimum absolute atomic E-state index is 0.0132. The zero-order valence-corrected chi connectivity index (χ0v) is 38.4. The third kappa shape index (κ3) is 9.15. The molecular weight excluding hydrogens is 833 g/mol. The summed E-state index contributed by atoms with van der Waals surface area (Å²) in [6.45, 7) is 11.4. The molecule has 2 aromatic rings. The maximum absolute atomic E-state index is 13.2. The minimum Gasteiger partial charge on any atom is -0.497 e. The summed E-state index contributed by atoms with van der Waals surface area (Å²) in [4.78, 5) is 39.1. The number of cyclic esters (lactones) is 2. The van der Waals surface area contributed by atoms with Gasteiger partial charge in [-0.25, -0.2) is 9.59 Å². The summed E-state index contributed by atoms with van der Waals surface area (Å²) in [6.07, 6.45) is 6.52. The Balaban J connectivity index is 0.000000191. The molecular formula is C48H62O16. The van der Waals surface area contributed by atoms with Gasteiger partial charge in [0.1, 0.15) is 88.1 Å². The second-order valence-corrected chi connectivity index (χ2v) is 18.0. The number of carbonyl (C=O) groups excluding carboxylic acids is 3. The summed E-state index contributed by atoms with van der Waals surface area (Å²) < 4.78 is 68.4. The van der Waals surface area contributed by atoms with E-state index in [9.17, 15) is 19.5 Å². The molecule has 1 N–H and O–H groups in total. The molecule has 4 fully saturated rings. The van der Waals surface area contributed by atoms with Gasteiger partial charge in [-0.3, -0.25) is 4.79 Å². The van der Waals surface area contributed by atoms with Gasteiger partial charge in [0.15, 0.2) is 19.4 Å². The zero-order chi connectivity index (χ0) is 46.2. The number of aliphatic hydroxyl groups excluding tert-OH is 1. The second-order valence-electron chi connectivity index (χ2n) is 18.0. The fraction of sp³-hybridized carbons (Fsp3) is 0.604. The summed E-state index contributed by atoms with van der Waals surface area (Å²) in [5, 5.41) is 10.7. The lowest BCUT2D eigenvalue weighted by Crippen LogP contribution is -2.40. The minimum atomic E-state index is -0.795. The van der Waals surface area contributed by atoms with E-state index in [1.54, 1.807) is 45.4 Å². The number of hydrogen-bond donors (Lipinski definition) is 1. The molecule has 0 aliphatic carbocycles. The molecule has 64 heavy (non-hydrogen) atoms. The lowest BCUT2D eigenvalue weighted by Gasteiger charge is -2.30. The molecule has 0 amide bonds. The van der Waals surface area contributed by atoms with E-state index in [4.69, 9.17) is 56.8 Å². The summed E-state index contributed by atoms with van der Waals surface area (Å²) in [6, 6.07) is 6.96. The van der Waals surface area contributed by atoms with Gasteiger partial charge in [-0.1, -0.05) is 18.2 Å². The van der Waals surface area contributed by atoms with Crippen LogP contribution in [0.15, 0.2) is 48.6 Å². The summed E-state index contributed by atoms with van der Waals surface area (Å²) in [5.74, 6) is 0.710. The van der Waals surface area contributed by atoms with Gasteiger partial charge in [0.2, 0.25) is 0 Å². The van der Waals surface area contributed by atoms with Gasteiger partial charge >= 0.3 is 11.9 Å². The van der Waals surface area contributed by atoms with Crippen LogP contribution in [0.1, 0.15) is 99.1 Å². The van der Waals surface area contributed by atoms with Gasteiger partial charge in [-0.2, -0.15) is 0 Å². The number of fused-ring (bicyclic) bond motifs is 2. The molecule has 9 atom stereocenters. The van der Waals surface area contributed by atoms with E-state index in [-0.39, 0.29) is 31.6 Å². The fourth-order valence-electron chi connectivity index (χ4n) is 9.50. The topological polar surface area (TPSA) is 189 Å². The molecule has 0 radical (unpaired) electrons. The Morgan fingerprint density at radius 1 is 0.656 bits per heavy atom. The van der Waals surface area contributed by atoms with Crippen LogP contribution in [0.4, 0.5) is 0 Å². The number of ether oxygens (including phenoxy) is 12. The van der Waals surface area contributed by atoms with Crippen LogP contribution in [0.3, 0.4) is 0 Å². The number of ketones is 1. The number of benzene rings is 2. The van der Waals surface area contributed by atoms with Crippen LogP contribution in [0.2, 0.25) is 0 Å². The summed E-state index contributed by atoms with van der Waals surface area (Å²) in [7, 11) is 6.15. The largest absolute Gasteiger partial charge is 0.497 e. The van der Waals surface area contributed by atoms with Crippen molar-refractivity contribution in [3.8, 4) is 23.0 Å². The molecule has 6 aliphatic heterocycles. The second kappa shape index (κ2) is 18.7. The summed E-state index contributed by atoms with van der Waals surface area (Å²) >= 11 is 0. The number of rotatable bonds is 8. The van der Waals surface area contributed by atoms with Gasteiger partial charge in [-0.15, -0.1) is 0 Å². The van der Waals surface area contributed by atoms with E-state index in [1.807, 2.05) is 52.8 Å². The Labute approximate surface area is 374 Å². The molecule has 350 valence electrons. The fourth-order valence-corrected chi connectivity index (χ4v) is 9.50. The third-order valence-electron chi connectivity index (χ3n) is 13.1. The quantitative estimate of drug-likeness (QED) is 0.145. The first kappa shape index (κ1) is 47.4. The third-order valence-corrected chi connectivity index (χ3v) is 13.1. The van der Waals surface area contributed by atoms with Crippen molar-refractivity contribution in [1.29, 1.82) is 0 Å². The lowest BCUT2D eigenvalue weighted by molar-refractivity contribution is -0.143. The molecule has 16 nitrogen and oxygen atoms in total. The van der Waals surface area contributed by atoms with Gasteiger partial charge in [0.25, 0.3) is 0 Å². The Hall–Kier alpha value is -4.55. The van der Waals surface area contributed by atoms with Crippen molar-refractivity contribution in [2.45, 2.75) is 145 Å². The number of carbonyl (C=O) groups is 3. The first-order valence-electron chi connectivity index (χ1n) is 21.8. The number of esters is 2. The number of methoxy groups -OCH3 is 4. The highest BCUT2D eigenvalue weighted by Crippen LogP contribution is 2.60. The van der Waals surface area contributed by atoms with Crippen molar-refractivity contribution in [3.05, 3.63) is 70.8 Å².